The predicted octanol–water partition coefficient (Wildman–Crippen LogP) is 2.66. The maximum atomic E-state index is 12.4. The molecule has 1 aliphatic carbocycles. The van der Waals surface area contributed by atoms with Crippen LogP contribution in [0.3, 0.4) is 0 Å². The summed E-state index contributed by atoms with van der Waals surface area (Å²) >= 11 is 0. The van der Waals surface area contributed by atoms with Crippen molar-refractivity contribution >= 4 is 16.9 Å². The Morgan fingerprint density at radius 2 is 2.14 bits per heavy atom. The van der Waals surface area contributed by atoms with Gasteiger partial charge in [-0.25, -0.2) is 0 Å². The molecule has 0 amide bonds. The molecule has 0 bridgehead atoms. The van der Waals surface area contributed by atoms with Gasteiger partial charge < -0.3 is 19.6 Å². The second kappa shape index (κ2) is 6.78. The quantitative estimate of drug-likeness (QED) is 0.779. The third-order valence-corrected chi connectivity index (χ3v) is 7.32. The number of fused-ring (bicyclic) bond motifs is 6. The Balaban J connectivity index is 1.52. The normalized spacial score (nSPS) is 32.3. The summed E-state index contributed by atoms with van der Waals surface area (Å²) in [6, 6.07) is 6.49. The Bertz CT molecular complexity index is 907. The summed E-state index contributed by atoms with van der Waals surface area (Å²) in [6.07, 6.45) is 3.02. The number of carbonyl (C=O) groups excluding carboxylic acids is 1. The largest absolute Gasteiger partial charge is 0.497 e. The van der Waals surface area contributed by atoms with Crippen LogP contribution >= 0.6 is 0 Å². The lowest BCUT2D eigenvalue weighted by atomic mass is 9.65. The molecule has 3 heterocycles. The number of aliphatic hydroxyl groups is 1. The number of rotatable bonds is 2. The summed E-state index contributed by atoms with van der Waals surface area (Å²) in [5, 5.41) is 11.8. The molecule has 3 aliphatic rings. The average Bonchev–Trinajstić information content (AvgIpc) is 3.10. The minimum atomic E-state index is -0.588. The Kier molecular flexibility index (Phi) is 4.36. The first kappa shape index (κ1) is 18.0. The number of nitrogens with zero attached hydrogens (tertiary/aromatic N) is 1. The van der Waals surface area contributed by atoms with Crippen LogP contribution in [0, 0.1) is 17.8 Å². The third-order valence-electron chi connectivity index (χ3n) is 7.32. The SMILES string of the molecule is COC(=O)[C@H]1[C@H]2C[C@H]3c4[nH]c5cc(OC)ccc5c4CCN3C[C@H]2CC[C@@H]1O. The number of hydrogen-bond acceptors (Lipinski definition) is 5. The molecule has 28 heavy (non-hydrogen) atoms. The van der Waals surface area contributed by atoms with Gasteiger partial charge in [-0.1, -0.05) is 0 Å². The fraction of sp³-hybridized carbons (Fsp3) is 0.591. The Morgan fingerprint density at radius 1 is 1.29 bits per heavy atom. The van der Waals surface area contributed by atoms with Crippen LogP contribution in [0.1, 0.15) is 36.6 Å². The predicted molar refractivity (Wildman–Crippen MR) is 105 cm³/mol. The zero-order valence-corrected chi connectivity index (χ0v) is 16.5. The van der Waals surface area contributed by atoms with E-state index in [1.165, 1.54) is 23.8 Å². The van der Waals surface area contributed by atoms with Crippen LogP contribution in [-0.2, 0) is 16.0 Å². The van der Waals surface area contributed by atoms with Crippen LogP contribution in [0.5, 0.6) is 5.75 Å². The zero-order chi connectivity index (χ0) is 19.4. The van der Waals surface area contributed by atoms with E-state index in [-0.39, 0.29) is 17.9 Å². The van der Waals surface area contributed by atoms with E-state index in [1.54, 1.807) is 7.11 Å². The van der Waals surface area contributed by atoms with Crippen LogP contribution in [0.4, 0.5) is 0 Å². The van der Waals surface area contributed by atoms with E-state index in [4.69, 9.17) is 9.47 Å². The highest BCUT2D eigenvalue weighted by Gasteiger charge is 2.49. The van der Waals surface area contributed by atoms with Crippen molar-refractivity contribution in [1.82, 2.24) is 9.88 Å². The second-order valence-electron chi connectivity index (χ2n) is 8.54. The maximum absolute atomic E-state index is 12.4. The molecule has 1 aromatic heterocycles. The molecule has 5 atom stereocenters. The minimum Gasteiger partial charge on any atom is -0.497 e. The van der Waals surface area contributed by atoms with Crippen molar-refractivity contribution in [2.45, 2.75) is 37.8 Å². The average molecular weight is 384 g/mol. The highest BCUT2D eigenvalue weighted by molar-refractivity contribution is 5.86. The number of aromatic amines is 1. The Labute approximate surface area is 164 Å². The van der Waals surface area contributed by atoms with E-state index in [1.807, 2.05) is 6.07 Å². The number of nitrogens with one attached hydrogen (secondary N) is 1. The van der Waals surface area contributed by atoms with Crippen LogP contribution in [-0.4, -0.2) is 54.4 Å². The maximum Gasteiger partial charge on any atom is 0.311 e. The summed E-state index contributed by atoms with van der Waals surface area (Å²) in [5.74, 6) is 0.820. The Hall–Kier alpha value is -2.05. The first-order valence-electron chi connectivity index (χ1n) is 10.3. The van der Waals surface area contributed by atoms with Crippen LogP contribution in [0.15, 0.2) is 18.2 Å². The molecule has 2 fully saturated rings. The van der Waals surface area contributed by atoms with Crippen molar-refractivity contribution in [3.63, 3.8) is 0 Å². The minimum absolute atomic E-state index is 0.171. The van der Waals surface area contributed by atoms with Crippen LogP contribution in [0.25, 0.3) is 10.9 Å². The molecule has 2 aromatic rings. The molecule has 6 heteroatoms. The molecule has 2 N–H and O–H groups in total. The summed E-state index contributed by atoms with van der Waals surface area (Å²) in [4.78, 5) is 18.7. The molecular weight excluding hydrogens is 356 g/mol. The van der Waals surface area contributed by atoms with E-state index >= 15 is 0 Å². The first-order valence-corrected chi connectivity index (χ1v) is 10.3. The summed E-state index contributed by atoms with van der Waals surface area (Å²) < 4.78 is 10.4. The number of aromatic nitrogens is 1. The highest BCUT2D eigenvalue weighted by Crippen LogP contribution is 2.49. The number of H-pyrrole nitrogens is 1. The lowest BCUT2D eigenvalue weighted by Crippen LogP contribution is -2.53. The molecule has 5 rings (SSSR count). The molecular formula is C22H28N2O4. The molecule has 6 nitrogen and oxygen atoms in total. The molecule has 0 radical (unpaired) electrons. The number of benzene rings is 1. The number of carbonyl (C=O) groups is 1. The molecule has 0 spiro atoms. The number of piperidine rings is 1. The van der Waals surface area contributed by atoms with Gasteiger partial charge in [0.15, 0.2) is 0 Å². The van der Waals surface area contributed by atoms with Gasteiger partial charge in [0.25, 0.3) is 0 Å². The van der Waals surface area contributed by atoms with Gasteiger partial charge in [0.05, 0.1) is 32.3 Å². The smallest absolute Gasteiger partial charge is 0.311 e. The van der Waals surface area contributed by atoms with Gasteiger partial charge in [-0.05, 0) is 55.2 Å². The first-order chi connectivity index (χ1) is 13.6. The molecule has 1 aromatic carbocycles. The number of aliphatic hydroxyl groups excluding tert-OH is 1. The number of esters is 1. The van der Waals surface area contributed by atoms with E-state index in [9.17, 15) is 9.90 Å². The molecule has 2 aliphatic heterocycles. The van der Waals surface area contributed by atoms with Gasteiger partial charge in [0.1, 0.15) is 5.75 Å². The lowest BCUT2D eigenvalue weighted by molar-refractivity contribution is -0.160. The van der Waals surface area contributed by atoms with Gasteiger partial charge in [-0.3, -0.25) is 9.69 Å². The van der Waals surface area contributed by atoms with E-state index in [2.05, 4.69) is 22.0 Å². The van der Waals surface area contributed by atoms with E-state index < -0.39 is 12.0 Å². The third kappa shape index (κ3) is 2.65. The van der Waals surface area contributed by atoms with Crippen molar-refractivity contribution in [1.29, 1.82) is 0 Å². The second-order valence-corrected chi connectivity index (χ2v) is 8.54. The molecule has 150 valence electrons. The number of methoxy groups -OCH3 is 2. The van der Waals surface area contributed by atoms with Gasteiger partial charge in [0, 0.05) is 35.8 Å². The standard InChI is InChI=1S/C22H28N2O4/c1-27-13-4-5-14-15-7-8-24-11-12-3-6-19(25)20(22(26)28-2)16(12)10-18(24)21(15)23-17(14)9-13/h4-5,9,12,16,18-20,23,25H,3,6-8,10-11H2,1-2H3/t12-,16+,18+,19+,20+/m1/s1. The molecule has 1 saturated carbocycles. The monoisotopic (exact) mass is 384 g/mol. The zero-order valence-electron chi connectivity index (χ0n) is 16.5. The molecule has 0 unspecified atom stereocenters. The fourth-order valence-electron chi connectivity index (χ4n) is 5.97. The topological polar surface area (TPSA) is 74.8 Å². The van der Waals surface area contributed by atoms with Crippen molar-refractivity contribution in [2.75, 3.05) is 27.3 Å². The summed E-state index contributed by atoms with van der Waals surface area (Å²) in [7, 11) is 3.12. The van der Waals surface area contributed by atoms with Gasteiger partial charge in [0.2, 0.25) is 0 Å². The van der Waals surface area contributed by atoms with Crippen molar-refractivity contribution < 1.29 is 19.4 Å². The van der Waals surface area contributed by atoms with Crippen molar-refractivity contribution in [3.05, 3.63) is 29.5 Å². The molecule has 1 saturated heterocycles. The summed E-state index contributed by atoms with van der Waals surface area (Å²) in [5.41, 5.74) is 3.78. The lowest BCUT2D eigenvalue weighted by Gasteiger charge is -2.50. The van der Waals surface area contributed by atoms with Gasteiger partial charge >= 0.3 is 5.97 Å². The van der Waals surface area contributed by atoms with E-state index in [0.29, 0.717) is 12.3 Å². The number of hydrogen-bond donors (Lipinski definition) is 2. The van der Waals surface area contributed by atoms with Crippen molar-refractivity contribution in [3.8, 4) is 5.75 Å². The van der Waals surface area contributed by atoms with Gasteiger partial charge in [-0.15, -0.1) is 0 Å². The fourth-order valence-corrected chi connectivity index (χ4v) is 5.97. The highest BCUT2D eigenvalue weighted by atomic mass is 16.5. The van der Waals surface area contributed by atoms with Crippen molar-refractivity contribution in [2.24, 2.45) is 17.8 Å². The van der Waals surface area contributed by atoms with Gasteiger partial charge in [-0.2, -0.15) is 0 Å². The Morgan fingerprint density at radius 3 is 2.93 bits per heavy atom. The van der Waals surface area contributed by atoms with E-state index in [0.717, 1.165) is 43.6 Å². The number of ether oxygens (including phenoxy) is 2. The summed E-state index contributed by atoms with van der Waals surface area (Å²) in [6.45, 7) is 2.04. The van der Waals surface area contributed by atoms with Crippen LogP contribution in [0.2, 0.25) is 0 Å². The van der Waals surface area contributed by atoms with Crippen LogP contribution < -0.4 is 4.74 Å².